The van der Waals surface area contributed by atoms with Gasteiger partial charge in [0.05, 0.1) is 5.39 Å². The molecule has 1 aliphatic heterocycles. The lowest BCUT2D eigenvalue weighted by atomic mass is 9.99. The molecule has 0 atom stereocenters. The van der Waals surface area contributed by atoms with Crippen molar-refractivity contribution in [3.8, 4) is 11.1 Å². The Hall–Kier alpha value is -2.69. The Bertz CT molecular complexity index is 957. The van der Waals surface area contributed by atoms with Crippen molar-refractivity contribution >= 4 is 17.0 Å². The van der Waals surface area contributed by atoms with Gasteiger partial charge in [0.15, 0.2) is 5.65 Å². The van der Waals surface area contributed by atoms with E-state index in [1.165, 1.54) is 0 Å². The molecule has 3 heterocycles. The van der Waals surface area contributed by atoms with Crippen LogP contribution in [-0.2, 0) is 7.05 Å². The van der Waals surface area contributed by atoms with E-state index >= 15 is 0 Å². The van der Waals surface area contributed by atoms with Crippen molar-refractivity contribution in [1.29, 1.82) is 0 Å². The van der Waals surface area contributed by atoms with E-state index in [4.69, 9.17) is 4.98 Å². The van der Waals surface area contributed by atoms with E-state index in [1.807, 2.05) is 43.4 Å². The fourth-order valence-corrected chi connectivity index (χ4v) is 3.52. The van der Waals surface area contributed by atoms with Crippen LogP contribution in [0.3, 0.4) is 0 Å². The van der Waals surface area contributed by atoms with Gasteiger partial charge in [0.2, 0.25) is 5.95 Å². The molecule has 1 aliphatic rings. The highest BCUT2D eigenvalue weighted by molar-refractivity contribution is 5.92. The van der Waals surface area contributed by atoms with Crippen LogP contribution in [0.5, 0.6) is 0 Å². The van der Waals surface area contributed by atoms with Gasteiger partial charge in [-0.2, -0.15) is 4.98 Å². The smallest absolute Gasteiger partial charge is 0.264 e. The summed E-state index contributed by atoms with van der Waals surface area (Å²) in [5, 5.41) is 0.588. The van der Waals surface area contributed by atoms with Gasteiger partial charge in [0.1, 0.15) is 0 Å². The Morgan fingerprint density at radius 1 is 1.08 bits per heavy atom. The first-order chi connectivity index (χ1) is 12.1. The summed E-state index contributed by atoms with van der Waals surface area (Å²) in [6.07, 6.45) is 4.00. The van der Waals surface area contributed by atoms with Crippen LogP contribution in [0.2, 0.25) is 0 Å². The largest absolute Gasteiger partial charge is 0.342 e. The molecule has 0 N–H and O–H groups in total. The molecule has 2 aromatic heterocycles. The number of benzene rings is 1. The molecule has 5 heteroatoms. The number of nitrogens with zero attached hydrogens (tertiary/aromatic N) is 4. The number of hydrogen-bond acceptors (Lipinski definition) is 4. The quantitative estimate of drug-likeness (QED) is 0.722. The number of pyridine rings is 1. The van der Waals surface area contributed by atoms with Gasteiger partial charge < -0.3 is 4.90 Å². The minimum Gasteiger partial charge on any atom is -0.342 e. The van der Waals surface area contributed by atoms with E-state index in [1.54, 1.807) is 10.8 Å². The minimum absolute atomic E-state index is 0.0365. The van der Waals surface area contributed by atoms with Gasteiger partial charge in [-0.15, -0.1) is 0 Å². The molecule has 0 saturated carbocycles. The lowest BCUT2D eigenvalue weighted by Gasteiger charge is -2.32. The van der Waals surface area contributed by atoms with Crippen LogP contribution in [0.25, 0.3) is 22.2 Å². The Kier molecular flexibility index (Phi) is 3.99. The second-order valence-corrected chi connectivity index (χ2v) is 6.87. The van der Waals surface area contributed by atoms with E-state index in [-0.39, 0.29) is 5.56 Å². The van der Waals surface area contributed by atoms with Crippen LogP contribution >= 0.6 is 0 Å². The first-order valence-electron chi connectivity index (χ1n) is 8.81. The van der Waals surface area contributed by atoms with Gasteiger partial charge in [-0.3, -0.25) is 9.36 Å². The Morgan fingerprint density at radius 3 is 2.52 bits per heavy atom. The van der Waals surface area contributed by atoms with Gasteiger partial charge in [0.25, 0.3) is 5.56 Å². The van der Waals surface area contributed by atoms with Crippen molar-refractivity contribution in [2.45, 2.75) is 19.8 Å². The molecule has 4 rings (SSSR count). The molecule has 0 amide bonds. The van der Waals surface area contributed by atoms with Gasteiger partial charge >= 0.3 is 0 Å². The zero-order chi connectivity index (χ0) is 17.4. The Morgan fingerprint density at radius 2 is 1.80 bits per heavy atom. The average Bonchev–Trinajstić information content (AvgIpc) is 2.65. The SMILES string of the molecule is CC1CCN(c2nc3nccc(-c4ccccc4)c3c(=O)n2C)CC1. The zero-order valence-electron chi connectivity index (χ0n) is 14.6. The third-order valence-electron chi connectivity index (χ3n) is 5.11. The van der Waals surface area contributed by atoms with E-state index in [0.29, 0.717) is 11.0 Å². The maximum absolute atomic E-state index is 13.1. The Labute approximate surface area is 147 Å². The third kappa shape index (κ3) is 2.80. The summed E-state index contributed by atoms with van der Waals surface area (Å²) in [7, 11) is 1.81. The molecule has 0 radical (unpaired) electrons. The van der Waals surface area contributed by atoms with Crippen LogP contribution in [0.4, 0.5) is 5.95 Å². The van der Waals surface area contributed by atoms with Gasteiger partial charge in [-0.05, 0) is 36.0 Å². The lowest BCUT2D eigenvalue weighted by Crippen LogP contribution is -2.37. The molecule has 3 aromatic rings. The number of fused-ring (bicyclic) bond motifs is 1. The predicted molar refractivity (Wildman–Crippen MR) is 101 cm³/mol. The van der Waals surface area contributed by atoms with Crippen LogP contribution in [0, 0.1) is 5.92 Å². The second-order valence-electron chi connectivity index (χ2n) is 6.87. The summed E-state index contributed by atoms with van der Waals surface area (Å²) in [5.41, 5.74) is 2.38. The van der Waals surface area contributed by atoms with Gasteiger partial charge in [-0.1, -0.05) is 37.3 Å². The van der Waals surface area contributed by atoms with Crippen molar-refractivity contribution in [3.63, 3.8) is 0 Å². The normalized spacial score (nSPS) is 15.7. The van der Waals surface area contributed by atoms with Crippen molar-refractivity contribution in [3.05, 3.63) is 52.9 Å². The molecule has 128 valence electrons. The highest BCUT2D eigenvalue weighted by Crippen LogP contribution is 2.26. The van der Waals surface area contributed by atoms with Gasteiger partial charge in [-0.25, -0.2) is 4.98 Å². The van der Waals surface area contributed by atoms with E-state index in [9.17, 15) is 4.79 Å². The van der Waals surface area contributed by atoms with E-state index < -0.39 is 0 Å². The van der Waals surface area contributed by atoms with Crippen LogP contribution in [-0.4, -0.2) is 27.6 Å². The maximum Gasteiger partial charge on any atom is 0.264 e. The standard InChI is InChI=1S/C20H22N4O/c1-14-9-12-24(13-10-14)20-22-18-17(19(25)23(20)2)16(8-11-21-18)15-6-4-3-5-7-15/h3-8,11,14H,9-10,12-13H2,1-2H3. The number of aromatic nitrogens is 3. The summed E-state index contributed by atoms with van der Waals surface area (Å²) in [6, 6.07) is 11.8. The van der Waals surface area contributed by atoms with E-state index in [2.05, 4.69) is 16.8 Å². The Balaban J connectivity index is 1.88. The monoisotopic (exact) mass is 334 g/mol. The topological polar surface area (TPSA) is 51.0 Å². The fraction of sp³-hybridized carbons (Fsp3) is 0.350. The highest BCUT2D eigenvalue weighted by atomic mass is 16.1. The summed E-state index contributed by atoms with van der Waals surface area (Å²) < 4.78 is 1.67. The zero-order valence-corrected chi connectivity index (χ0v) is 14.6. The molecule has 0 unspecified atom stereocenters. The molecule has 1 aromatic carbocycles. The summed E-state index contributed by atoms with van der Waals surface area (Å²) in [6.45, 7) is 4.15. The lowest BCUT2D eigenvalue weighted by molar-refractivity contribution is 0.431. The van der Waals surface area contributed by atoms with Crippen LogP contribution in [0.15, 0.2) is 47.4 Å². The van der Waals surface area contributed by atoms with Crippen LogP contribution < -0.4 is 10.5 Å². The molecule has 5 nitrogen and oxygen atoms in total. The van der Waals surface area contributed by atoms with Crippen LogP contribution in [0.1, 0.15) is 19.8 Å². The molecule has 1 saturated heterocycles. The van der Waals surface area contributed by atoms with Crippen molar-refractivity contribution in [2.75, 3.05) is 18.0 Å². The summed E-state index contributed by atoms with van der Waals surface area (Å²) in [4.78, 5) is 24.4. The molecule has 1 fully saturated rings. The third-order valence-corrected chi connectivity index (χ3v) is 5.11. The van der Waals surface area contributed by atoms with Crippen molar-refractivity contribution < 1.29 is 0 Å². The molecule has 0 aliphatic carbocycles. The fourth-order valence-electron chi connectivity index (χ4n) is 3.52. The van der Waals surface area contributed by atoms with Gasteiger partial charge in [0, 0.05) is 26.3 Å². The molecule has 0 spiro atoms. The number of hydrogen-bond donors (Lipinski definition) is 0. The number of piperidine rings is 1. The molecule has 0 bridgehead atoms. The van der Waals surface area contributed by atoms with E-state index in [0.717, 1.165) is 48.9 Å². The highest BCUT2D eigenvalue weighted by Gasteiger charge is 2.21. The molecular weight excluding hydrogens is 312 g/mol. The molecular formula is C20H22N4O. The summed E-state index contributed by atoms with van der Waals surface area (Å²) >= 11 is 0. The molecule has 25 heavy (non-hydrogen) atoms. The number of rotatable bonds is 2. The predicted octanol–water partition coefficient (Wildman–Crippen LogP) is 3.23. The average molecular weight is 334 g/mol. The minimum atomic E-state index is -0.0365. The van der Waals surface area contributed by atoms with Crippen molar-refractivity contribution in [2.24, 2.45) is 13.0 Å². The first-order valence-corrected chi connectivity index (χ1v) is 8.81. The second kappa shape index (κ2) is 6.31. The number of anilines is 1. The first kappa shape index (κ1) is 15.8. The summed E-state index contributed by atoms with van der Waals surface area (Å²) in [5.74, 6) is 1.46. The van der Waals surface area contributed by atoms with Crippen molar-refractivity contribution in [1.82, 2.24) is 14.5 Å². The maximum atomic E-state index is 13.1.